The Hall–Kier alpha value is -1.13. The Morgan fingerprint density at radius 2 is 2.42 bits per heavy atom. The van der Waals surface area contributed by atoms with E-state index < -0.39 is 0 Å². The molecule has 0 spiro atoms. The van der Waals surface area contributed by atoms with Crippen molar-refractivity contribution in [1.82, 2.24) is 15.1 Å². The van der Waals surface area contributed by atoms with E-state index in [9.17, 15) is 0 Å². The summed E-state index contributed by atoms with van der Waals surface area (Å²) in [6.07, 6.45) is 4.82. The predicted molar refractivity (Wildman–Crippen MR) is 79.4 cm³/mol. The van der Waals surface area contributed by atoms with Crippen molar-refractivity contribution in [2.45, 2.75) is 45.2 Å². The third-order valence-electron chi connectivity index (χ3n) is 3.97. The van der Waals surface area contributed by atoms with Crippen LogP contribution in [-0.2, 0) is 26.4 Å². The lowest BCUT2D eigenvalue weighted by Crippen LogP contribution is -2.24. The molecule has 4 heteroatoms. The SMILES string of the molecule is CCc1cc(CNC2CCCc3sccc32)n(C)n1. The summed E-state index contributed by atoms with van der Waals surface area (Å²) >= 11 is 1.90. The van der Waals surface area contributed by atoms with E-state index in [-0.39, 0.29) is 0 Å². The first kappa shape index (κ1) is 12.9. The van der Waals surface area contributed by atoms with Gasteiger partial charge < -0.3 is 5.32 Å². The molecule has 1 N–H and O–H groups in total. The number of hydrogen-bond donors (Lipinski definition) is 1. The van der Waals surface area contributed by atoms with Gasteiger partial charge >= 0.3 is 0 Å². The van der Waals surface area contributed by atoms with E-state index in [2.05, 4.69) is 34.9 Å². The maximum Gasteiger partial charge on any atom is 0.0625 e. The topological polar surface area (TPSA) is 29.9 Å². The van der Waals surface area contributed by atoms with Crippen LogP contribution in [0.15, 0.2) is 17.5 Å². The van der Waals surface area contributed by atoms with Gasteiger partial charge in [0, 0.05) is 24.5 Å². The molecule has 2 heterocycles. The largest absolute Gasteiger partial charge is 0.304 e. The molecule has 2 aromatic rings. The molecule has 102 valence electrons. The maximum atomic E-state index is 4.51. The number of rotatable bonds is 4. The summed E-state index contributed by atoms with van der Waals surface area (Å²) in [4.78, 5) is 1.57. The zero-order valence-corrected chi connectivity index (χ0v) is 12.5. The van der Waals surface area contributed by atoms with Gasteiger partial charge in [0.25, 0.3) is 0 Å². The lowest BCUT2D eigenvalue weighted by Gasteiger charge is -2.23. The van der Waals surface area contributed by atoms with Gasteiger partial charge in [-0.1, -0.05) is 6.92 Å². The van der Waals surface area contributed by atoms with E-state index in [1.807, 2.05) is 23.1 Å². The number of aryl methyl sites for hydroxylation is 3. The Bertz CT molecular complexity index is 555. The van der Waals surface area contributed by atoms with Crippen LogP contribution < -0.4 is 5.32 Å². The van der Waals surface area contributed by atoms with E-state index in [0.29, 0.717) is 6.04 Å². The van der Waals surface area contributed by atoms with Gasteiger partial charge in [-0.05, 0) is 48.8 Å². The van der Waals surface area contributed by atoms with Gasteiger partial charge in [-0.15, -0.1) is 11.3 Å². The minimum atomic E-state index is 0.523. The zero-order chi connectivity index (χ0) is 13.2. The highest BCUT2D eigenvalue weighted by molar-refractivity contribution is 7.10. The quantitative estimate of drug-likeness (QED) is 0.928. The van der Waals surface area contributed by atoms with Gasteiger partial charge in [0.05, 0.1) is 11.4 Å². The summed E-state index contributed by atoms with van der Waals surface area (Å²) < 4.78 is 2.00. The molecule has 0 aromatic carbocycles. The van der Waals surface area contributed by atoms with Crippen LogP contribution in [0.4, 0.5) is 0 Å². The van der Waals surface area contributed by atoms with Crippen LogP contribution in [0, 0.1) is 0 Å². The van der Waals surface area contributed by atoms with Gasteiger partial charge in [-0.3, -0.25) is 4.68 Å². The molecule has 0 fully saturated rings. The molecule has 1 aliphatic carbocycles. The summed E-state index contributed by atoms with van der Waals surface area (Å²) in [7, 11) is 2.03. The van der Waals surface area contributed by atoms with Crippen molar-refractivity contribution in [1.29, 1.82) is 0 Å². The number of thiophene rings is 1. The predicted octanol–water partition coefficient (Wildman–Crippen LogP) is 3.21. The first-order valence-corrected chi connectivity index (χ1v) is 7.97. The number of fused-ring (bicyclic) bond motifs is 1. The van der Waals surface area contributed by atoms with Crippen molar-refractivity contribution in [3.63, 3.8) is 0 Å². The fraction of sp³-hybridized carbons (Fsp3) is 0.533. The van der Waals surface area contributed by atoms with Crippen LogP contribution in [0.1, 0.15) is 47.6 Å². The minimum Gasteiger partial charge on any atom is -0.304 e. The molecule has 0 saturated carbocycles. The van der Waals surface area contributed by atoms with Crippen LogP contribution in [0.5, 0.6) is 0 Å². The Kier molecular flexibility index (Phi) is 3.71. The monoisotopic (exact) mass is 275 g/mol. The third kappa shape index (κ3) is 2.60. The van der Waals surface area contributed by atoms with Crippen molar-refractivity contribution in [2.75, 3.05) is 0 Å². The normalized spacial score (nSPS) is 18.5. The average molecular weight is 275 g/mol. The Morgan fingerprint density at radius 1 is 1.53 bits per heavy atom. The smallest absolute Gasteiger partial charge is 0.0625 e. The number of nitrogens with zero attached hydrogens (tertiary/aromatic N) is 2. The van der Waals surface area contributed by atoms with Gasteiger partial charge in [0.2, 0.25) is 0 Å². The van der Waals surface area contributed by atoms with Crippen LogP contribution in [-0.4, -0.2) is 9.78 Å². The summed E-state index contributed by atoms with van der Waals surface area (Å²) in [5, 5.41) is 10.4. The van der Waals surface area contributed by atoms with Gasteiger partial charge in [-0.2, -0.15) is 5.10 Å². The molecule has 1 aliphatic rings. The van der Waals surface area contributed by atoms with E-state index in [4.69, 9.17) is 0 Å². The summed E-state index contributed by atoms with van der Waals surface area (Å²) in [6.45, 7) is 3.06. The van der Waals surface area contributed by atoms with Crippen LogP contribution >= 0.6 is 11.3 Å². The van der Waals surface area contributed by atoms with Crippen LogP contribution in [0.25, 0.3) is 0 Å². The third-order valence-corrected chi connectivity index (χ3v) is 4.97. The summed E-state index contributed by atoms with van der Waals surface area (Å²) in [6, 6.07) is 5.03. The average Bonchev–Trinajstić information content (AvgIpc) is 3.02. The molecule has 0 radical (unpaired) electrons. The molecular formula is C15H21N3S. The van der Waals surface area contributed by atoms with Crippen molar-refractivity contribution in [2.24, 2.45) is 7.05 Å². The van der Waals surface area contributed by atoms with Crippen LogP contribution in [0.2, 0.25) is 0 Å². The second-order valence-corrected chi connectivity index (χ2v) is 6.23. The molecule has 0 aliphatic heterocycles. The summed E-state index contributed by atoms with van der Waals surface area (Å²) in [5.41, 5.74) is 3.98. The van der Waals surface area contributed by atoms with Crippen LogP contribution in [0.3, 0.4) is 0 Å². The van der Waals surface area contributed by atoms with Gasteiger partial charge in [0.1, 0.15) is 0 Å². The fourth-order valence-corrected chi connectivity index (χ4v) is 3.82. The van der Waals surface area contributed by atoms with Gasteiger partial charge in [-0.25, -0.2) is 0 Å². The molecule has 3 nitrogen and oxygen atoms in total. The standard InChI is InChI=1S/C15H21N3S/c1-3-11-9-12(18(2)17-11)10-16-14-5-4-6-15-13(14)7-8-19-15/h7-9,14,16H,3-6,10H2,1-2H3. The van der Waals surface area contributed by atoms with E-state index in [1.54, 1.807) is 4.88 Å². The molecule has 0 bridgehead atoms. The molecule has 2 aromatic heterocycles. The molecule has 0 saturated heterocycles. The molecule has 3 rings (SSSR count). The Labute approximate surface area is 118 Å². The fourth-order valence-electron chi connectivity index (χ4n) is 2.84. The Morgan fingerprint density at radius 3 is 3.21 bits per heavy atom. The van der Waals surface area contributed by atoms with Crippen molar-refractivity contribution in [3.05, 3.63) is 39.3 Å². The second kappa shape index (κ2) is 5.47. The lowest BCUT2D eigenvalue weighted by atomic mass is 9.94. The minimum absolute atomic E-state index is 0.523. The van der Waals surface area contributed by atoms with E-state index >= 15 is 0 Å². The first-order chi connectivity index (χ1) is 9.28. The maximum absolute atomic E-state index is 4.51. The zero-order valence-electron chi connectivity index (χ0n) is 11.6. The highest BCUT2D eigenvalue weighted by atomic mass is 32.1. The summed E-state index contributed by atoms with van der Waals surface area (Å²) in [5.74, 6) is 0. The first-order valence-electron chi connectivity index (χ1n) is 7.09. The molecule has 19 heavy (non-hydrogen) atoms. The van der Waals surface area contributed by atoms with Gasteiger partial charge in [0.15, 0.2) is 0 Å². The number of nitrogens with one attached hydrogen (secondary N) is 1. The highest BCUT2D eigenvalue weighted by Crippen LogP contribution is 2.33. The van der Waals surface area contributed by atoms with E-state index in [0.717, 1.165) is 13.0 Å². The van der Waals surface area contributed by atoms with Crippen molar-refractivity contribution in [3.8, 4) is 0 Å². The Balaban J connectivity index is 1.69. The molecule has 1 unspecified atom stereocenters. The second-order valence-electron chi connectivity index (χ2n) is 5.23. The van der Waals surface area contributed by atoms with Crippen molar-refractivity contribution >= 4 is 11.3 Å². The lowest BCUT2D eigenvalue weighted by molar-refractivity contribution is 0.454. The molecular weight excluding hydrogens is 254 g/mol. The number of aromatic nitrogens is 2. The molecule has 1 atom stereocenters. The molecule has 0 amide bonds. The number of hydrogen-bond acceptors (Lipinski definition) is 3. The highest BCUT2D eigenvalue weighted by Gasteiger charge is 2.20. The van der Waals surface area contributed by atoms with Crippen molar-refractivity contribution < 1.29 is 0 Å². The van der Waals surface area contributed by atoms with E-state index in [1.165, 1.54) is 36.2 Å².